The lowest BCUT2D eigenvalue weighted by atomic mass is 10.0. The molecule has 0 amide bonds. The maximum Gasteiger partial charge on any atom is 0.320 e. The molecule has 106 valence electrons. The van der Waals surface area contributed by atoms with E-state index in [1.807, 2.05) is 30.3 Å². The number of methoxy groups -OCH3 is 1. The van der Waals surface area contributed by atoms with Crippen molar-refractivity contribution < 1.29 is 13.9 Å². The Kier molecular flexibility index (Phi) is 3.94. The van der Waals surface area contributed by atoms with Gasteiger partial charge >= 0.3 is 6.01 Å². The first kappa shape index (κ1) is 13.1. The van der Waals surface area contributed by atoms with Gasteiger partial charge in [-0.1, -0.05) is 23.3 Å². The minimum atomic E-state index is -0.172. The van der Waals surface area contributed by atoms with Gasteiger partial charge in [0.05, 0.1) is 6.61 Å². The Bertz CT molecular complexity index is 544. The minimum absolute atomic E-state index is 0.172. The van der Waals surface area contributed by atoms with Crippen LogP contribution >= 0.6 is 0 Å². The predicted molar refractivity (Wildman–Crippen MR) is 72.7 cm³/mol. The van der Waals surface area contributed by atoms with E-state index >= 15 is 0 Å². The second kappa shape index (κ2) is 6.02. The van der Waals surface area contributed by atoms with Crippen LogP contribution in [0.2, 0.25) is 0 Å². The molecule has 0 unspecified atom stereocenters. The van der Waals surface area contributed by atoms with E-state index in [0.29, 0.717) is 25.1 Å². The average molecular weight is 275 g/mol. The predicted octanol–water partition coefficient (Wildman–Crippen LogP) is 2.54. The molecule has 0 aliphatic carbocycles. The number of rotatable bonds is 5. The fraction of sp³-hybridized carbons (Fsp3) is 0.429. The van der Waals surface area contributed by atoms with E-state index in [-0.39, 0.29) is 12.0 Å². The van der Waals surface area contributed by atoms with Crippen molar-refractivity contribution in [3.63, 3.8) is 0 Å². The summed E-state index contributed by atoms with van der Waals surface area (Å²) in [5.74, 6) is 0.771. The molecule has 0 bridgehead atoms. The Hall–Kier alpha value is -1.92. The molecule has 1 aromatic heterocycles. The second-order valence-electron chi connectivity index (χ2n) is 4.73. The van der Waals surface area contributed by atoms with Crippen molar-refractivity contribution in [3.8, 4) is 0 Å². The molecule has 0 radical (unpaired) electrons. The van der Waals surface area contributed by atoms with E-state index in [9.17, 15) is 0 Å². The molecule has 6 heteroatoms. The van der Waals surface area contributed by atoms with Crippen LogP contribution in [0.25, 0.3) is 0 Å². The normalized spacial score (nSPS) is 22.1. The summed E-state index contributed by atoms with van der Waals surface area (Å²) in [5.41, 5.74) is 0.906. The number of aromatic nitrogens is 2. The van der Waals surface area contributed by atoms with Crippen molar-refractivity contribution in [1.29, 1.82) is 0 Å². The second-order valence-corrected chi connectivity index (χ2v) is 4.73. The highest BCUT2D eigenvalue weighted by molar-refractivity contribution is 5.50. The molecule has 1 aliphatic rings. The molecule has 1 aromatic carbocycles. The number of hydrogen-bond donors (Lipinski definition) is 1. The van der Waals surface area contributed by atoms with Crippen molar-refractivity contribution in [3.05, 3.63) is 36.2 Å². The quantitative estimate of drug-likeness (QED) is 0.904. The van der Waals surface area contributed by atoms with Gasteiger partial charge in [-0.25, -0.2) is 0 Å². The molecule has 0 spiro atoms. The summed E-state index contributed by atoms with van der Waals surface area (Å²) < 4.78 is 16.5. The van der Waals surface area contributed by atoms with Crippen molar-refractivity contribution in [2.24, 2.45) is 5.92 Å². The van der Waals surface area contributed by atoms with Gasteiger partial charge in [0.2, 0.25) is 5.89 Å². The Morgan fingerprint density at radius 3 is 2.95 bits per heavy atom. The Morgan fingerprint density at radius 1 is 1.30 bits per heavy atom. The van der Waals surface area contributed by atoms with Gasteiger partial charge in [0, 0.05) is 25.3 Å². The van der Waals surface area contributed by atoms with Gasteiger partial charge in [-0.05, 0) is 18.6 Å². The van der Waals surface area contributed by atoms with Crippen LogP contribution in [0, 0.1) is 5.92 Å². The van der Waals surface area contributed by atoms with Crippen molar-refractivity contribution in [2.45, 2.75) is 12.5 Å². The van der Waals surface area contributed by atoms with Gasteiger partial charge in [-0.15, -0.1) is 5.10 Å². The molecular formula is C14H17N3O3. The highest BCUT2D eigenvalue weighted by Crippen LogP contribution is 2.34. The van der Waals surface area contributed by atoms with Gasteiger partial charge in [-0.3, -0.25) is 0 Å². The fourth-order valence-corrected chi connectivity index (χ4v) is 2.34. The van der Waals surface area contributed by atoms with E-state index in [0.717, 1.165) is 12.1 Å². The molecule has 20 heavy (non-hydrogen) atoms. The zero-order valence-electron chi connectivity index (χ0n) is 11.3. The zero-order chi connectivity index (χ0) is 13.8. The van der Waals surface area contributed by atoms with Gasteiger partial charge < -0.3 is 19.2 Å². The first-order chi connectivity index (χ1) is 9.86. The van der Waals surface area contributed by atoms with Gasteiger partial charge in [0.25, 0.3) is 0 Å². The molecule has 2 atom stereocenters. The Labute approximate surface area is 117 Å². The highest BCUT2D eigenvalue weighted by atomic mass is 16.5. The number of nitrogens with one attached hydrogen (secondary N) is 1. The standard InChI is InChI=1S/C14H17N3O3/c1-18-9-10-7-8-19-12(10)13-16-17-14(20-13)15-11-5-3-2-4-6-11/h2-6,10,12H,7-9H2,1H3,(H,15,17)/t10-,12-/m0/s1. The van der Waals surface area contributed by atoms with E-state index in [1.54, 1.807) is 7.11 Å². The molecule has 2 heterocycles. The third-order valence-electron chi connectivity index (χ3n) is 3.30. The number of nitrogens with zero attached hydrogens (tertiary/aromatic N) is 2. The zero-order valence-corrected chi connectivity index (χ0v) is 11.3. The lowest BCUT2D eigenvalue weighted by molar-refractivity contribution is 0.0416. The minimum Gasteiger partial charge on any atom is -0.405 e. The molecule has 6 nitrogen and oxygen atoms in total. The number of ether oxygens (including phenoxy) is 2. The topological polar surface area (TPSA) is 69.4 Å². The van der Waals surface area contributed by atoms with E-state index in [2.05, 4.69) is 15.5 Å². The number of benzene rings is 1. The molecule has 0 saturated carbocycles. The summed E-state index contributed by atoms with van der Waals surface area (Å²) in [6.45, 7) is 1.33. The van der Waals surface area contributed by atoms with Crippen LogP contribution in [-0.2, 0) is 9.47 Å². The summed E-state index contributed by atoms with van der Waals surface area (Å²) in [4.78, 5) is 0. The lowest BCUT2D eigenvalue weighted by Gasteiger charge is -2.13. The molecule has 3 rings (SSSR count). The Morgan fingerprint density at radius 2 is 2.15 bits per heavy atom. The first-order valence-electron chi connectivity index (χ1n) is 6.63. The lowest BCUT2D eigenvalue weighted by Crippen LogP contribution is -2.13. The van der Waals surface area contributed by atoms with Crippen molar-refractivity contribution >= 4 is 11.7 Å². The van der Waals surface area contributed by atoms with Crippen LogP contribution in [0.4, 0.5) is 11.7 Å². The first-order valence-corrected chi connectivity index (χ1v) is 6.63. The van der Waals surface area contributed by atoms with Crippen LogP contribution < -0.4 is 5.32 Å². The third-order valence-corrected chi connectivity index (χ3v) is 3.30. The largest absolute Gasteiger partial charge is 0.405 e. The van der Waals surface area contributed by atoms with Crippen molar-refractivity contribution in [2.75, 3.05) is 25.6 Å². The summed E-state index contributed by atoms with van der Waals surface area (Å²) in [6, 6.07) is 10.1. The van der Waals surface area contributed by atoms with E-state index in [4.69, 9.17) is 13.9 Å². The monoisotopic (exact) mass is 275 g/mol. The van der Waals surface area contributed by atoms with E-state index in [1.165, 1.54) is 0 Å². The molecule has 1 N–H and O–H groups in total. The maximum atomic E-state index is 5.66. The summed E-state index contributed by atoms with van der Waals surface area (Å²) in [7, 11) is 1.69. The van der Waals surface area contributed by atoms with Crippen LogP contribution in [0.1, 0.15) is 18.4 Å². The summed E-state index contributed by atoms with van der Waals surface area (Å²) in [5, 5.41) is 11.1. The van der Waals surface area contributed by atoms with Gasteiger partial charge in [0.1, 0.15) is 6.10 Å². The Balaban J connectivity index is 1.70. The van der Waals surface area contributed by atoms with Crippen molar-refractivity contribution in [1.82, 2.24) is 10.2 Å². The SMILES string of the molecule is COC[C@@H]1CCO[C@@H]1c1nnc(Nc2ccccc2)o1. The molecule has 1 saturated heterocycles. The van der Waals surface area contributed by atoms with E-state index < -0.39 is 0 Å². The average Bonchev–Trinajstić information content (AvgIpc) is 3.09. The summed E-state index contributed by atoms with van der Waals surface area (Å²) >= 11 is 0. The summed E-state index contributed by atoms with van der Waals surface area (Å²) in [6.07, 6.45) is 0.774. The smallest absolute Gasteiger partial charge is 0.320 e. The molecule has 2 aromatic rings. The van der Waals surface area contributed by atoms with Crippen LogP contribution in [-0.4, -0.2) is 30.5 Å². The fourth-order valence-electron chi connectivity index (χ4n) is 2.34. The number of para-hydroxylation sites is 1. The van der Waals surface area contributed by atoms with Gasteiger partial charge in [-0.2, -0.15) is 0 Å². The van der Waals surface area contributed by atoms with Crippen LogP contribution in [0.3, 0.4) is 0 Å². The van der Waals surface area contributed by atoms with Crippen LogP contribution in [0.5, 0.6) is 0 Å². The number of anilines is 2. The number of hydrogen-bond acceptors (Lipinski definition) is 6. The molecule has 1 fully saturated rings. The maximum absolute atomic E-state index is 5.66. The molecular weight excluding hydrogens is 258 g/mol. The molecule has 1 aliphatic heterocycles. The van der Waals surface area contributed by atoms with Crippen LogP contribution in [0.15, 0.2) is 34.7 Å². The van der Waals surface area contributed by atoms with Gasteiger partial charge in [0.15, 0.2) is 0 Å². The third kappa shape index (κ3) is 2.81. The highest BCUT2D eigenvalue weighted by Gasteiger charge is 2.33.